The Morgan fingerprint density at radius 1 is 1.20 bits per heavy atom. The Balaban J connectivity index is 1.53. The molecule has 11 nitrogen and oxygen atoms in total. The highest BCUT2D eigenvalue weighted by Crippen LogP contribution is 2.38. The van der Waals surface area contributed by atoms with Crippen LogP contribution in [0.4, 0.5) is 4.79 Å². The number of carbonyl (C=O) groups excluding carboxylic acids is 3. The number of urea groups is 1. The maximum atomic E-state index is 13.2. The van der Waals surface area contributed by atoms with Crippen molar-refractivity contribution in [2.24, 2.45) is 5.92 Å². The van der Waals surface area contributed by atoms with Gasteiger partial charge in [-0.05, 0) is 31.7 Å². The molecule has 1 aliphatic carbocycles. The molecule has 1 aromatic heterocycles. The fourth-order valence-corrected chi connectivity index (χ4v) is 5.02. The first-order valence-corrected chi connectivity index (χ1v) is 11.8. The smallest absolute Gasteiger partial charge is 0.325 e. The predicted octanol–water partition coefficient (Wildman–Crippen LogP) is 1.79. The minimum absolute atomic E-state index is 0.0116. The summed E-state index contributed by atoms with van der Waals surface area (Å²) in [5, 5.41) is 3.19. The van der Waals surface area contributed by atoms with Gasteiger partial charge in [-0.15, -0.1) is 0 Å². The number of hydrogen-bond acceptors (Lipinski definition) is 7. The summed E-state index contributed by atoms with van der Waals surface area (Å²) in [7, 11) is 2.97. The van der Waals surface area contributed by atoms with Gasteiger partial charge in [0.2, 0.25) is 5.91 Å². The van der Waals surface area contributed by atoms with Crippen LogP contribution >= 0.6 is 0 Å². The van der Waals surface area contributed by atoms with Crippen LogP contribution in [0.5, 0.6) is 11.5 Å². The Kier molecular flexibility index (Phi) is 6.68. The number of aromatic nitrogens is 2. The predicted molar refractivity (Wildman–Crippen MR) is 127 cm³/mol. The van der Waals surface area contributed by atoms with Gasteiger partial charge in [0.1, 0.15) is 17.9 Å². The molecule has 2 heterocycles. The summed E-state index contributed by atoms with van der Waals surface area (Å²) in [5.41, 5.74) is -0.901. The SMILES string of the molecule is CCN(Cc1nc2cc(OC)c(OC)cc2c(=O)[nH]1)C(=O)CN1C(=O)NC2(CCCCC2C)C1=O. The number of amides is 4. The Labute approximate surface area is 202 Å². The molecule has 4 amide bonds. The van der Waals surface area contributed by atoms with Crippen LogP contribution in [0.25, 0.3) is 10.9 Å². The normalized spacial score (nSPS) is 21.9. The number of methoxy groups -OCH3 is 2. The van der Waals surface area contributed by atoms with Gasteiger partial charge in [-0.3, -0.25) is 19.3 Å². The molecule has 2 atom stereocenters. The van der Waals surface area contributed by atoms with Gasteiger partial charge in [-0.2, -0.15) is 0 Å². The number of likely N-dealkylation sites (N-methyl/N-ethyl adjacent to an activating group) is 1. The van der Waals surface area contributed by atoms with Gasteiger partial charge in [-0.25, -0.2) is 9.78 Å². The van der Waals surface area contributed by atoms with Crippen LogP contribution in [0.2, 0.25) is 0 Å². The van der Waals surface area contributed by atoms with Crippen LogP contribution in [0.3, 0.4) is 0 Å². The molecular formula is C24H31N5O6. The van der Waals surface area contributed by atoms with E-state index in [1.807, 2.05) is 6.92 Å². The lowest BCUT2D eigenvalue weighted by molar-refractivity contribution is -0.140. The first-order valence-electron chi connectivity index (χ1n) is 11.8. The number of hydrogen-bond donors (Lipinski definition) is 2. The van der Waals surface area contributed by atoms with Crippen LogP contribution in [-0.4, -0.2) is 70.5 Å². The summed E-state index contributed by atoms with van der Waals surface area (Å²) in [6.07, 6.45) is 3.31. The fourth-order valence-electron chi connectivity index (χ4n) is 5.02. The minimum atomic E-state index is -0.919. The van der Waals surface area contributed by atoms with Crippen molar-refractivity contribution in [2.45, 2.75) is 51.6 Å². The van der Waals surface area contributed by atoms with Crippen molar-refractivity contribution < 1.29 is 23.9 Å². The molecule has 0 bridgehead atoms. The molecule has 2 fully saturated rings. The maximum Gasteiger partial charge on any atom is 0.325 e. The van der Waals surface area contributed by atoms with Crippen molar-refractivity contribution in [2.75, 3.05) is 27.3 Å². The second-order valence-corrected chi connectivity index (χ2v) is 9.08. The summed E-state index contributed by atoms with van der Waals surface area (Å²) < 4.78 is 10.5. The summed E-state index contributed by atoms with van der Waals surface area (Å²) >= 11 is 0. The lowest BCUT2D eigenvalue weighted by atomic mass is 9.73. The Hall–Kier alpha value is -3.63. The number of imide groups is 1. The lowest BCUT2D eigenvalue weighted by Gasteiger charge is -2.36. The minimum Gasteiger partial charge on any atom is -0.493 e. The zero-order chi connectivity index (χ0) is 25.3. The van der Waals surface area contributed by atoms with Gasteiger partial charge >= 0.3 is 6.03 Å². The van der Waals surface area contributed by atoms with Crippen molar-refractivity contribution >= 4 is 28.7 Å². The van der Waals surface area contributed by atoms with E-state index >= 15 is 0 Å². The number of benzene rings is 1. The first-order chi connectivity index (χ1) is 16.7. The third kappa shape index (κ3) is 4.30. The van der Waals surface area contributed by atoms with Gasteiger partial charge in [-0.1, -0.05) is 19.8 Å². The second kappa shape index (κ2) is 9.55. The van der Waals surface area contributed by atoms with Crippen LogP contribution in [0.15, 0.2) is 16.9 Å². The molecule has 1 spiro atoms. The summed E-state index contributed by atoms with van der Waals surface area (Å²) in [4.78, 5) is 61.3. The van der Waals surface area contributed by atoms with Gasteiger partial charge in [0.15, 0.2) is 11.5 Å². The molecule has 1 saturated carbocycles. The molecule has 1 aromatic carbocycles. The Morgan fingerprint density at radius 3 is 2.57 bits per heavy atom. The highest BCUT2D eigenvalue weighted by molar-refractivity contribution is 6.09. The second-order valence-electron chi connectivity index (χ2n) is 9.08. The molecule has 1 saturated heterocycles. The molecule has 2 aliphatic rings. The highest BCUT2D eigenvalue weighted by atomic mass is 16.5. The van der Waals surface area contributed by atoms with Crippen LogP contribution < -0.4 is 20.3 Å². The number of aromatic amines is 1. The van der Waals surface area contributed by atoms with Crippen molar-refractivity contribution in [3.05, 3.63) is 28.3 Å². The van der Waals surface area contributed by atoms with Crippen molar-refractivity contribution in [1.82, 2.24) is 25.1 Å². The zero-order valence-corrected chi connectivity index (χ0v) is 20.5. The summed E-state index contributed by atoms with van der Waals surface area (Å²) in [6.45, 7) is 3.70. The zero-order valence-electron chi connectivity index (χ0n) is 20.5. The molecule has 11 heteroatoms. The first kappa shape index (κ1) is 24.5. The van der Waals surface area contributed by atoms with E-state index in [1.165, 1.54) is 19.1 Å². The molecule has 2 unspecified atom stereocenters. The van der Waals surface area contributed by atoms with E-state index < -0.39 is 17.5 Å². The summed E-state index contributed by atoms with van der Waals surface area (Å²) in [5.74, 6) is 0.377. The number of fused-ring (bicyclic) bond motifs is 1. The van der Waals surface area contributed by atoms with E-state index in [-0.39, 0.29) is 36.3 Å². The van der Waals surface area contributed by atoms with Crippen molar-refractivity contribution in [3.8, 4) is 11.5 Å². The third-order valence-electron chi connectivity index (χ3n) is 7.13. The van der Waals surface area contributed by atoms with Crippen LogP contribution in [0.1, 0.15) is 45.4 Å². The number of carbonyl (C=O) groups is 3. The van der Waals surface area contributed by atoms with Crippen molar-refractivity contribution in [3.63, 3.8) is 0 Å². The lowest BCUT2D eigenvalue weighted by Crippen LogP contribution is -2.54. The average molecular weight is 486 g/mol. The third-order valence-corrected chi connectivity index (χ3v) is 7.13. The van der Waals surface area contributed by atoms with Gasteiger partial charge in [0, 0.05) is 12.6 Å². The van der Waals surface area contributed by atoms with E-state index in [4.69, 9.17) is 9.47 Å². The Bertz CT molecular complexity index is 1230. The molecular weight excluding hydrogens is 454 g/mol. The molecule has 0 radical (unpaired) electrons. The molecule has 1 aliphatic heterocycles. The van der Waals surface area contributed by atoms with E-state index in [9.17, 15) is 19.2 Å². The number of H-pyrrole nitrogens is 1. The van der Waals surface area contributed by atoms with E-state index in [0.29, 0.717) is 35.4 Å². The fraction of sp³-hybridized carbons (Fsp3) is 0.542. The van der Waals surface area contributed by atoms with Crippen LogP contribution in [-0.2, 0) is 16.1 Å². The number of rotatable bonds is 7. The highest BCUT2D eigenvalue weighted by Gasteiger charge is 2.55. The topological polar surface area (TPSA) is 134 Å². The van der Waals surface area contributed by atoms with Crippen molar-refractivity contribution in [1.29, 1.82) is 0 Å². The maximum absolute atomic E-state index is 13.2. The number of nitrogens with one attached hydrogen (secondary N) is 2. The van der Waals surface area contributed by atoms with Gasteiger partial charge in [0.25, 0.3) is 11.5 Å². The summed E-state index contributed by atoms with van der Waals surface area (Å²) in [6, 6.07) is 2.61. The molecule has 188 valence electrons. The standard InChI is InChI=1S/C24H31N5O6/c1-5-28(12-19-25-16-11-18(35-4)17(34-3)10-15(16)21(31)26-19)20(30)13-29-22(32)24(27-23(29)33)9-7-6-8-14(24)2/h10-11,14H,5-9,12-13H2,1-4H3,(H,27,33)(H,25,26,31). The molecule has 2 N–H and O–H groups in total. The monoisotopic (exact) mass is 485 g/mol. The molecule has 2 aromatic rings. The van der Waals surface area contributed by atoms with E-state index in [2.05, 4.69) is 15.3 Å². The van der Waals surface area contributed by atoms with Gasteiger partial charge < -0.3 is 24.7 Å². The number of nitrogens with zero attached hydrogens (tertiary/aromatic N) is 3. The molecule has 4 rings (SSSR count). The quantitative estimate of drug-likeness (QED) is 0.571. The van der Waals surface area contributed by atoms with Crippen LogP contribution in [0, 0.1) is 5.92 Å². The van der Waals surface area contributed by atoms with Gasteiger partial charge in [0.05, 0.1) is 31.7 Å². The number of ether oxygens (including phenoxy) is 2. The average Bonchev–Trinajstić information content (AvgIpc) is 3.08. The van der Waals surface area contributed by atoms with E-state index in [0.717, 1.165) is 24.2 Å². The molecule has 35 heavy (non-hydrogen) atoms. The Morgan fingerprint density at radius 2 is 1.91 bits per heavy atom. The largest absolute Gasteiger partial charge is 0.493 e. The van der Waals surface area contributed by atoms with E-state index in [1.54, 1.807) is 19.1 Å².